The number of pyridine rings is 1. The molecule has 0 unspecified atom stereocenters. The summed E-state index contributed by atoms with van der Waals surface area (Å²) in [7, 11) is 1.86. The van der Waals surface area contributed by atoms with E-state index in [1.165, 1.54) is 0 Å². The van der Waals surface area contributed by atoms with Gasteiger partial charge in [-0.25, -0.2) is 4.98 Å². The van der Waals surface area contributed by atoms with Crippen LogP contribution in [0.5, 0.6) is 0 Å². The van der Waals surface area contributed by atoms with Crippen LogP contribution in [-0.2, 0) is 7.05 Å². The Morgan fingerprint density at radius 3 is 2.83 bits per heavy atom. The number of rotatable bonds is 2. The number of nitrogens with zero attached hydrogens (tertiary/aromatic N) is 5. The fourth-order valence-electron chi connectivity index (χ4n) is 1.59. The molecule has 0 saturated carbocycles. The van der Waals surface area contributed by atoms with Gasteiger partial charge in [0.25, 0.3) is 5.89 Å². The molecule has 0 bridgehead atoms. The molecule has 0 amide bonds. The number of nitrogen functional groups attached to an aromatic ring is 1. The van der Waals surface area contributed by atoms with E-state index in [0.717, 1.165) is 5.69 Å². The van der Waals surface area contributed by atoms with E-state index in [1.807, 2.05) is 11.6 Å². The summed E-state index contributed by atoms with van der Waals surface area (Å²) in [6, 6.07) is 1.73. The van der Waals surface area contributed by atoms with Gasteiger partial charge >= 0.3 is 0 Å². The second-order valence-corrected chi connectivity index (χ2v) is 3.82. The monoisotopic (exact) mass is 242 g/mol. The molecule has 0 aliphatic carbocycles. The molecule has 0 aliphatic rings. The standard InChI is InChI=1S/C11H10N6O/c1-17-6-14-5-9(17)10-15-11(18-16-10)7-2-8(12)4-13-3-7/h2-6H,12H2,1H3. The highest BCUT2D eigenvalue weighted by atomic mass is 16.5. The topological polar surface area (TPSA) is 95.7 Å². The molecule has 90 valence electrons. The van der Waals surface area contributed by atoms with Gasteiger partial charge in [0.15, 0.2) is 0 Å². The highest BCUT2D eigenvalue weighted by Crippen LogP contribution is 2.22. The van der Waals surface area contributed by atoms with Crippen LogP contribution in [0.1, 0.15) is 0 Å². The first-order chi connectivity index (χ1) is 8.74. The lowest BCUT2D eigenvalue weighted by atomic mass is 10.2. The van der Waals surface area contributed by atoms with Crippen LogP contribution in [0.25, 0.3) is 23.0 Å². The van der Waals surface area contributed by atoms with E-state index < -0.39 is 0 Å². The molecule has 0 radical (unpaired) electrons. The number of aryl methyl sites for hydroxylation is 1. The second-order valence-electron chi connectivity index (χ2n) is 3.82. The zero-order chi connectivity index (χ0) is 12.5. The lowest BCUT2D eigenvalue weighted by Crippen LogP contribution is -1.91. The van der Waals surface area contributed by atoms with Gasteiger partial charge in [0.05, 0.1) is 23.8 Å². The van der Waals surface area contributed by atoms with Crippen molar-refractivity contribution in [3.8, 4) is 23.0 Å². The third-order valence-electron chi connectivity index (χ3n) is 2.48. The molecule has 18 heavy (non-hydrogen) atoms. The van der Waals surface area contributed by atoms with Crippen LogP contribution in [0.3, 0.4) is 0 Å². The van der Waals surface area contributed by atoms with Gasteiger partial charge in [-0.15, -0.1) is 0 Å². The summed E-state index contributed by atoms with van der Waals surface area (Å²) >= 11 is 0. The van der Waals surface area contributed by atoms with Crippen LogP contribution in [0.2, 0.25) is 0 Å². The molecule has 0 fully saturated rings. The summed E-state index contributed by atoms with van der Waals surface area (Å²) in [5.74, 6) is 0.860. The van der Waals surface area contributed by atoms with E-state index >= 15 is 0 Å². The Balaban J connectivity index is 2.02. The zero-order valence-electron chi connectivity index (χ0n) is 9.61. The van der Waals surface area contributed by atoms with Gasteiger partial charge in [0.2, 0.25) is 5.82 Å². The van der Waals surface area contributed by atoms with Crippen molar-refractivity contribution in [2.75, 3.05) is 5.73 Å². The van der Waals surface area contributed by atoms with E-state index in [-0.39, 0.29) is 0 Å². The van der Waals surface area contributed by atoms with Gasteiger partial charge in [-0.3, -0.25) is 4.98 Å². The van der Waals surface area contributed by atoms with Gasteiger partial charge in [-0.05, 0) is 6.07 Å². The summed E-state index contributed by atoms with van der Waals surface area (Å²) in [5, 5.41) is 3.91. The number of hydrogen-bond donors (Lipinski definition) is 1. The molecule has 3 aromatic rings. The van der Waals surface area contributed by atoms with Gasteiger partial charge in [-0.1, -0.05) is 5.16 Å². The predicted molar refractivity (Wildman–Crippen MR) is 64.1 cm³/mol. The summed E-state index contributed by atoms with van der Waals surface area (Å²) < 4.78 is 7.00. The third kappa shape index (κ3) is 1.71. The second kappa shape index (κ2) is 3.95. The first kappa shape index (κ1) is 10.5. The molecule has 3 rings (SSSR count). The number of imidazole rings is 1. The van der Waals surface area contributed by atoms with Crippen LogP contribution < -0.4 is 5.73 Å². The fourth-order valence-corrected chi connectivity index (χ4v) is 1.59. The molecule has 3 heterocycles. The van der Waals surface area contributed by atoms with Gasteiger partial charge in [-0.2, -0.15) is 4.98 Å². The van der Waals surface area contributed by atoms with Crippen molar-refractivity contribution in [3.63, 3.8) is 0 Å². The first-order valence-electron chi connectivity index (χ1n) is 5.25. The Labute approximate surface area is 102 Å². The van der Waals surface area contributed by atoms with Crippen molar-refractivity contribution in [1.29, 1.82) is 0 Å². The predicted octanol–water partition coefficient (Wildman–Crippen LogP) is 1.11. The molecule has 0 aliphatic heterocycles. The molecular weight excluding hydrogens is 232 g/mol. The van der Waals surface area contributed by atoms with Crippen LogP contribution in [0.4, 0.5) is 5.69 Å². The van der Waals surface area contributed by atoms with Crippen LogP contribution >= 0.6 is 0 Å². The van der Waals surface area contributed by atoms with E-state index in [9.17, 15) is 0 Å². The summed E-state index contributed by atoms with van der Waals surface area (Å²) in [6.07, 6.45) is 6.53. The Morgan fingerprint density at radius 2 is 2.11 bits per heavy atom. The number of aromatic nitrogens is 5. The quantitative estimate of drug-likeness (QED) is 0.723. The van der Waals surface area contributed by atoms with Gasteiger partial charge in [0, 0.05) is 19.4 Å². The SMILES string of the molecule is Cn1cncc1-c1noc(-c2cncc(N)c2)n1. The molecular formula is C11H10N6O. The van der Waals surface area contributed by atoms with Crippen molar-refractivity contribution in [3.05, 3.63) is 31.0 Å². The minimum absolute atomic E-state index is 0.381. The Kier molecular flexibility index (Phi) is 2.30. The Bertz CT molecular complexity index is 686. The molecule has 3 aromatic heterocycles. The summed E-state index contributed by atoms with van der Waals surface area (Å²) in [5.41, 5.74) is 7.67. The van der Waals surface area contributed by atoms with Gasteiger partial charge in [0.1, 0.15) is 5.69 Å². The average molecular weight is 242 g/mol. The fraction of sp³-hybridized carbons (Fsp3) is 0.0909. The minimum Gasteiger partial charge on any atom is -0.397 e. The Hall–Kier alpha value is -2.70. The first-order valence-corrected chi connectivity index (χ1v) is 5.25. The van der Waals surface area contributed by atoms with Crippen molar-refractivity contribution >= 4 is 5.69 Å². The van der Waals surface area contributed by atoms with E-state index in [4.69, 9.17) is 10.3 Å². The largest absolute Gasteiger partial charge is 0.397 e. The lowest BCUT2D eigenvalue weighted by molar-refractivity contribution is 0.431. The van der Waals surface area contributed by atoms with Crippen molar-refractivity contribution < 1.29 is 4.52 Å². The number of nitrogens with two attached hydrogens (primary N) is 1. The maximum absolute atomic E-state index is 5.65. The summed E-state index contributed by atoms with van der Waals surface area (Å²) in [4.78, 5) is 12.3. The highest BCUT2D eigenvalue weighted by molar-refractivity contribution is 5.59. The zero-order valence-corrected chi connectivity index (χ0v) is 9.61. The summed E-state index contributed by atoms with van der Waals surface area (Å²) in [6.45, 7) is 0. The normalized spacial score (nSPS) is 10.7. The number of hydrogen-bond acceptors (Lipinski definition) is 6. The minimum atomic E-state index is 0.381. The van der Waals surface area contributed by atoms with Crippen LogP contribution in [0, 0.1) is 0 Å². The van der Waals surface area contributed by atoms with Crippen LogP contribution in [0.15, 0.2) is 35.5 Å². The Morgan fingerprint density at radius 1 is 1.22 bits per heavy atom. The molecule has 7 heteroatoms. The average Bonchev–Trinajstić information content (AvgIpc) is 2.97. The highest BCUT2D eigenvalue weighted by Gasteiger charge is 2.13. The van der Waals surface area contributed by atoms with Gasteiger partial charge < -0.3 is 14.8 Å². The van der Waals surface area contributed by atoms with E-state index in [0.29, 0.717) is 23.0 Å². The van der Waals surface area contributed by atoms with Crippen molar-refractivity contribution in [2.45, 2.75) is 0 Å². The molecule has 0 atom stereocenters. The van der Waals surface area contributed by atoms with E-state index in [2.05, 4.69) is 20.1 Å². The lowest BCUT2D eigenvalue weighted by Gasteiger charge is -1.95. The van der Waals surface area contributed by atoms with Crippen molar-refractivity contribution in [1.82, 2.24) is 24.7 Å². The third-order valence-corrected chi connectivity index (χ3v) is 2.48. The molecule has 2 N–H and O–H groups in total. The molecule has 7 nitrogen and oxygen atoms in total. The van der Waals surface area contributed by atoms with E-state index in [1.54, 1.807) is 31.0 Å². The number of anilines is 1. The molecule has 0 aromatic carbocycles. The smallest absolute Gasteiger partial charge is 0.259 e. The molecule has 0 spiro atoms. The van der Waals surface area contributed by atoms with Crippen LogP contribution in [-0.4, -0.2) is 24.7 Å². The van der Waals surface area contributed by atoms with Crippen molar-refractivity contribution in [2.24, 2.45) is 7.05 Å². The molecule has 0 saturated heterocycles. The maximum Gasteiger partial charge on any atom is 0.259 e. The maximum atomic E-state index is 5.65.